The van der Waals surface area contributed by atoms with Crippen molar-refractivity contribution in [2.75, 3.05) is 0 Å². The Morgan fingerprint density at radius 3 is 2.35 bits per heavy atom. The van der Waals surface area contributed by atoms with Crippen molar-refractivity contribution >= 4 is 0 Å². The van der Waals surface area contributed by atoms with Gasteiger partial charge >= 0.3 is 0 Å². The van der Waals surface area contributed by atoms with E-state index in [2.05, 4.69) is 13.0 Å². The van der Waals surface area contributed by atoms with Crippen LogP contribution in [-0.2, 0) is 0 Å². The van der Waals surface area contributed by atoms with Crippen molar-refractivity contribution in [2.45, 2.75) is 33.8 Å². The van der Waals surface area contributed by atoms with E-state index < -0.39 is 6.10 Å². The third-order valence-electron chi connectivity index (χ3n) is 3.32. The molecule has 0 fully saturated rings. The molecule has 0 saturated heterocycles. The van der Waals surface area contributed by atoms with Crippen molar-refractivity contribution in [1.82, 2.24) is 0 Å². The van der Waals surface area contributed by atoms with Crippen molar-refractivity contribution in [3.8, 4) is 0 Å². The van der Waals surface area contributed by atoms with Gasteiger partial charge in [-0.1, -0.05) is 18.2 Å². The molecule has 2 rings (SSSR count). The topological polar surface area (TPSA) is 33.4 Å². The molecule has 1 aromatic heterocycles. The van der Waals surface area contributed by atoms with Gasteiger partial charge in [-0.15, -0.1) is 0 Å². The van der Waals surface area contributed by atoms with Crippen LogP contribution in [0.3, 0.4) is 0 Å². The lowest BCUT2D eigenvalue weighted by Crippen LogP contribution is -2.03. The molecular weight excluding hydrogens is 212 g/mol. The van der Waals surface area contributed by atoms with E-state index in [1.165, 1.54) is 5.56 Å². The van der Waals surface area contributed by atoms with Crippen molar-refractivity contribution in [2.24, 2.45) is 0 Å². The molecule has 1 atom stereocenters. The van der Waals surface area contributed by atoms with Gasteiger partial charge in [-0.3, -0.25) is 0 Å². The smallest absolute Gasteiger partial charge is 0.108 e. The van der Waals surface area contributed by atoms with E-state index in [0.29, 0.717) is 0 Å². The van der Waals surface area contributed by atoms with Gasteiger partial charge in [0.05, 0.1) is 0 Å². The summed E-state index contributed by atoms with van der Waals surface area (Å²) in [6, 6.07) is 7.90. The van der Waals surface area contributed by atoms with Crippen LogP contribution < -0.4 is 0 Å². The second kappa shape index (κ2) is 4.38. The van der Waals surface area contributed by atoms with E-state index in [1.54, 1.807) is 0 Å². The van der Waals surface area contributed by atoms with Crippen LogP contribution >= 0.6 is 0 Å². The summed E-state index contributed by atoms with van der Waals surface area (Å²) in [5, 5.41) is 10.4. The summed E-state index contributed by atoms with van der Waals surface area (Å²) >= 11 is 0. The number of hydrogen-bond acceptors (Lipinski definition) is 2. The van der Waals surface area contributed by atoms with Crippen molar-refractivity contribution < 1.29 is 9.52 Å². The number of hydrogen-bond donors (Lipinski definition) is 1. The summed E-state index contributed by atoms with van der Waals surface area (Å²) in [6.07, 6.45) is -0.604. The van der Waals surface area contributed by atoms with Gasteiger partial charge in [-0.2, -0.15) is 0 Å². The first-order valence-electron chi connectivity index (χ1n) is 5.82. The molecule has 0 aliphatic heterocycles. The van der Waals surface area contributed by atoms with Gasteiger partial charge in [0.15, 0.2) is 0 Å². The summed E-state index contributed by atoms with van der Waals surface area (Å²) < 4.78 is 5.47. The van der Waals surface area contributed by atoms with E-state index in [-0.39, 0.29) is 0 Å². The van der Waals surface area contributed by atoms with E-state index >= 15 is 0 Å². The minimum atomic E-state index is -0.604. The second-order valence-electron chi connectivity index (χ2n) is 4.56. The van der Waals surface area contributed by atoms with Crippen molar-refractivity contribution in [3.05, 3.63) is 58.0 Å². The summed E-state index contributed by atoms with van der Waals surface area (Å²) in [6.45, 7) is 7.87. The molecule has 2 nitrogen and oxygen atoms in total. The van der Waals surface area contributed by atoms with Gasteiger partial charge in [-0.05, 0) is 50.5 Å². The fourth-order valence-corrected chi connectivity index (χ4v) is 2.16. The first-order valence-corrected chi connectivity index (χ1v) is 5.82. The fraction of sp³-hybridized carbons (Fsp3) is 0.333. The van der Waals surface area contributed by atoms with Crippen LogP contribution in [0.4, 0.5) is 0 Å². The highest BCUT2D eigenvalue weighted by Gasteiger charge is 2.18. The first-order chi connectivity index (χ1) is 8.00. The number of rotatable bonds is 2. The SMILES string of the molecule is Cc1cc(C(O)c2cccc(C)c2C)c(C)o1. The van der Waals surface area contributed by atoms with E-state index in [9.17, 15) is 5.11 Å². The molecule has 1 unspecified atom stereocenters. The Labute approximate surface area is 102 Å². The molecule has 0 bridgehead atoms. The van der Waals surface area contributed by atoms with Crippen molar-refractivity contribution in [3.63, 3.8) is 0 Å². The summed E-state index contributed by atoms with van der Waals surface area (Å²) in [7, 11) is 0. The van der Waals surface area contributed by atoms with Gasteiger partial charge in [0.25, 0.3) is 0 Å². The third-order valence-corrected chi connectivity index (χ3v) is 3.32. The van der Waals surface area contributed by atoms with Crippen LogP contribution in [0.2, 0.25) is 0 Å². The van der Waals surface area contributed by atoms with E-state index in [1.807, 2.05) is 39.0 Å². The van der Waals surface area contributed by atoms with E-state index in [4.69, 9.17) is 4.42 Å². The highest BCUT2D eigenvalue weighted by Crippen LogP contribution is 2.30. The fourth-order valence-electron chi connectivity index (χ4n) is 2.16. The summed E-state index contributed by atoms with van der Waals surface area (Å²) in [5.41, 5.74) is 4.14. The molecule has 0 aliphatic carbocycles. The van der Waals surface area contributed by atoms with Gasteiger partial charge < -0.3 is 9.52 Å². The average Bonchev–Trinajstić information content (AvgIpc) is 2.61. The van der Waals surface area contributed by atoms with Crippen LogP contribution in [0.15, 0.2) is 28.7 Å². The lowest BCUT2D eigenvalue weighted by Gasteiger charge is -2.14. The number of aryl methyl sites for hydroxylation is 3. The Morgan fingerprint density at radius 2 is 1.76 bits per heavy atom. The largest absolute Gasteiger partial charge is 0.466 e. The Bertz CT molecular complexity index is 538. The van der Waals surface area contributed by atoms with E-state index in [0.717, 1.165) is 28.2 Å². The Kier molecular flexibility index (Phi) is 3.07. The Hall–Kier alpha value is -1.54. The Morgan fingerprint density at radius 1 is 1.06 bits per heavy atom. The maximum Gasteiger partial charge on any atom is 0.108 e. The maximum atomic E-state index is 10.4. The molecule has 0 aliphatic rings. The zero-order valence-electron chi connectivity index (χ0n) is 10.7. The maximum absolute atomic E-state index is 10.4. The molecular formula is C15H18O2. The molecule has 1 N–H and O–H groups in total. The number of furan rings is 1. The molecule has 1 aromatic carbocycles. The van der Waals surface area contributed by atoms with Crippen LogP contribution in [0.25, 0.3) is 0 Å². The third kappa shape index (κ3) is 2.13. The predicted octanol–water partition coefficient (Wildman–Crippen LogP) is 3.59. The van der Waals surface area contributed by atoms with Crippen molar-refractivity contribution in [1.29, 1.82) is 0 Å². The first kappa shape index (κ1) is 11.9. The zero-order chi connectivity index (χ0) is 12.6. The lowest BCUT2D eigenvalue weighted by molar-refractivity contribution is 0.217. The summed E-state index contributed by atoms with van der Waals surface area (Å²) in [4.78, 5) is 0. The molecule has 17 heavy (non-hydrogen) atoms. The standard InChI is InChI=1S/C15H18O2/c1-9-6-5-7-13(11(9)3)15(16)14-8-10(2)17-12(14)4/h5-8,15-16H,1-4H3. The molecule has 2 heteroatoms. The van der Waals surface area contributed by atoms with Crippen LogP contribution in [0.5, 0.6) is 0 Å². The highest BCUT2D eigenvalue weighted by atomic mass is 16.3. The molecule has 0 radical (unpaired) electrons. The van der Waals surface area contributed by atoms with Gasteiger partial charge in [0, 0.05) is 5.56 Å². The zero-order valence-corrected chi connectivity index (χ0v) is 10.7. The minimum Gasteiger partial charge on any atom is -0.466 e. The normalized spacial score (nSPS) is 12.8. The van der Waals surface area contributed by atoms with Crippen LogP contribution in [-0.4, -0.2) is 5.11 Å². The molecule has 90 valence electrons. The second-order valence-corrected chi connectivity index (χ2v) is 4.56. The molecule has 0 spiro atoms. The Balaban J connectivity index is 2.47. The van der Waals surface area contributed by atoms with Gasteiger partial charge in [-0.25, -0.2) is 0 Å². The summed E-state index contributed by atoms with van der Waals surface area (Å²) in [5.74, 6) is 1.62. The highest BCUT2D eigenvalue weighted by molar-refractivity contribution is 5.40. The number of benzene rings is 1. The lowest BCUT2D eigenvalue weighted by atomic mass is 9.95. The van der Waals surface area contributed by atoms with Crippen LogP contribution in [0.1, 0.15) is 39.9 Å². The minimum absolute atomic E-state index is 0.604. The van der Waals surface area contributed by atoms with Gasteiger partial charge in [0.1, 0.15) is 17.6 Å². The quantitative estimate of drug-likeness (QED) is 0.855. The molecule has 0 amide bonds. The molecule has 1 heterocycles. The predicted molar refractivity (Wildman–Crippen MR) is 68.2 cm³/mol. The molecule has 0 saturated carbocycles. The monoisotopic (exact) mass is 230 g/mol. The number of aliphatic hydroxyl groups excluding tert-OH is 1. The average molecular weight is 230 g/mol. The number of aliphatic hydroxyl groups is 1. The van der Waals surface area contributed by atoms with Gasteiger partial charge in [0.2, 0.25) is 0 Å². The van der Waals surface area contributed by atoms with Crippen LogP contribution in [0, 0.1) is 27.7 Å². The molecule has 2 aromatic rings.